The zero-order valence-corrected chi connectivity index (χ0v) is 34.7. The van der Waals surface area contributed by atoms with Crippen LogP contribution in [-0.4, -0.2) is 90.4 Å². The van der Waals surface area contributed by atoms with E-state index in [-0.39, 0.29) is 72.3 Å². The van der Waals surface area contributed by atoms with Gasteiger partial charge in [0.25, 0.3) is 8.32 Å². The normalized spacial score (nSPS) is 21.1. The second kappa shape index (κ2) is 15.3. The van der Waals surface area contributed by atoms with Gasteiger partial charge in [0.1, 0.15) is 47.6 Å². The highest BCUT2D eigenvalue weighted by Gasteiger charge is 2.51. The van der Waals surface area contributed by atoms with Crippen molar-refractivity contribution in [3.63, 3.8) is 0 Å². The number of nitrogens with zero attached hydrogens (tertiary/aromatic N) is 6. The van der Waals surface area contributed by atoms with E-state index in [1.165, 1.54) is 0 Å². The maximum Gasteiger partial charge on any atom is 0.418 e. The van der Waals surface area contributed by atoms with E-state index in [0.717, 1.165) is 36.3 Å². The Hall–Kier alpha value is -4.93. The third-order valence-corrected chi connectivity index (χ3v) is 17.1. The van der Waals surface area contributed by atoms with E-state index < -0.39 is 60.6 Å². The van der Waals surface area contributed by atoms with Crippen molar-refractivity contribution in [1.82, 2.24) is 24.8 Å². The average Bonchev–Trinajstić information content (AvgIpc) is 3.67. The van der Waals surface area contributed by atoms with Crippen molar-refractivity contribution in [2.24, 2.45) is 0 Å². The minimum atomic E-state index is -4.91. The summed E-state index contributed by atoms with van der Waals surface area (Å²) in [4.78, 5) is 21.6. The lowest BCUT2D eigenvalue weighted by Gasteiger charge is -2.43. The largest absolute Gasteiger partial charge is 0.475 e. The molecule has 3 atom stereocenters. The summed E-state index contributed by atoms with van der Waals surface area (Å²) < 4.78 is 95.4. The van der Waals surface area contributed by atoms with Crippen LogP contribution in [0.25, 0.3) is 22.2 Å². The first-order valence-electron chi connectivity index (χ1n) is 19.9. The number of benzene rings is 2. The van der Waals surface area contributed by atoms with Gasteiger partial charge in [0.2, 0.25) is 5.88 Å². The third kappa shape index (κ3) is 7.26. The van der Waals surface area contributed by atoms with Gasteiger partial charge in [-0.15, -0.1) is 0 Å². The van der Waals surface area contributed by atoms with Crippen LogP contribution in [-0.2, 0) is 10.6 Å². The Bertz CT molecular complexity index is 2310. The highest BCUT2D eigenvalue weighted by molar-refractivity contribution is 6.99. The van der Waals surface area contributed by atoms with E-state index in [1.807, 2.05) is 48.2 Å². The van der Waals surface area contributed by atoms with Gasteiger partial charge < -0.3 is 24.5 Å². The smallest absolute Gasteiger partial charge is 0.418 e. The Morgan fingerprint density at radius 2 is 1.66 bits per heavy atom. The summed E-state index contributed by atoms with van der Waals surface area (Å²) in [5.74, 6) is -1.29. The molecule has 2 saturated heterocycles. The minimum absolute atomic E-state index is 0.0263. The maximum absolute atomic E-state index is 17.2. The van der Waals surface area contributed by atoms with Crippen LogP contribution in [0.3, 0.4) is 0 Å². The standard InChI is InChI=1S/C43H48F5N7O3Si/c1-26-24-56-39-33-37(35(45)36(51-39)31-21-32(49)50-27(2)34(31)43(46,47)48)52-40(57-25-42-17-12-18-54(42)23-28(44)22-42)53-38(33)55(26)19-20-58-59(41(3,4)5,29-13-8-6-9-14-29)30-15-10-7-11-16-30/h6-11,13-16,21,26,28H,12,17-20,22-25H2,1-5H3,(H2,49,50)/t26-,28+,42-/m0/s1. The van der Waals surface area contributed by atoms with Crippen molar-refractivity contribution in [3.05, 3.63) is 83.8 Å². The molecule has 10 nitrogen and oxygen atoms in total. The lowest BCUT2D eigenvalue weighted by molar-refractivity contribution is -0.137. The molecule has 2 fully saturated rings. The first-order valence-corrected chi connectivity index (χ1v) is 21.9. The molecular formula is C43H48F5N7O3Si. The molecule has 59 heavy (non-hydrogen) atoms. The van der Waals surface area contributed by atoms with Gasteiger partial charge in [-0.3, -0.25) is 4.90 Å². The molecule has 2 aromatic carbocycles. The molecule has 3 aliphatic rings. The summed E-state index contributed by atoms with van der Waals surface area (Å²) in [5, 5.41) is 1.97. The third-order valence-electron chi connectivity index (χ3n) is 12.0. The highest BCUT2D eigenvalue weighted by Crippen LogP contribution is 2.46. The second-order valence-corrected chi connectivity index (χ2v) is 21.2. The number of nitrogens with two attached hydrogens (primary N) is 1. The summed E-state index contributed by atoms with van der Waals surface area (Å²) >= 11 is 0. The molecule has 0 spiro atoms. The molecule has 16 heteroatoms. The molecule has 8 rings (SSSR count). The monoisotopic (exact) mass is 833 g/mol. The van der Waals surface area contributed by atoms with Crippen LogP contribution >= 0.6 is 0 Å². The predicted octanol–water partition coefficient (Wildman–Crippen LogP) is 7.25. The molecule has 312 valence electrons. The zero-order chi connectivity index (χ0) is 41.9. The molecule has 0 amide bonds. The molecule has 0 saturated carbocycles. The quantitative estimate of drug-likeness (QED) is 0.114. The summed E-state index contributed by atoms with van der Waals surface area (Å²) in [6.07, 6.45) is -4.07. The van der Waals surface area contributed by atoms with Crippen molar-refractivity contribution in [2.75, 3.05) is 50.1 Å². The van der Waals surface area contributed by atoms with Crippen molar-refractivity contribution < 1.29 is 35.9 Å². The number of ether oxygens (including phenoxy) is 2. The number of alkyl halides is 4. The number of hydrogen-bond acceptors (Lipinski definition) is 10. The molecule has 5 aromatic rings. The molecule has 2 N–H and O–H groups in total. The number of fused-ring (bicyclic) bond motifs is 1. The number of hydrogen-bond donors (Lipinski definition) is 1. The molecule has 0 bridgehead atoms. The topological polar surface area (TPSA) is 112 Å². The number of halogens is 5. The number of aromatic nitrogens is 4. The lowest BCUT2D eigenvalue weighted by atomic mass is 9.95. The van der Waals surface area contributed by atoms with Crippen LogP contribution < -0.4 is 30.5 Å². The Kier molecular flexibility index (Phi) is 10.6. The van der Waals surface area contributed by atoms with Crippen LogP contribution in [0.5, 0.6) is 11.9 Å². The molecule has 0 unspecified atom stereocenters. The van der Waals surface area contributed by atoms with E-state index >= 15 is 4.39 Å². The van der Waals surface area contributed by atoms with E-state index in [9.17, 15) is 17.6 Å². The van der Waals surface area contributed by atoms with Gasteiger partial charge in [0.05, 0.1) is 29.4 Å². The average molecular weight is 834 g/mol. The van der Waals surface area contributed by atoms with Crippen LogP contribution in [0.2, 0.25) is 5.04 Å². The Morgan fingerprint density at radius 1 is 0.983 bits per heavy atom. The van der Waals surface area contributed by atoms with Crippen LogP contribution in [0.4, 0.5) is 33.6 Å². The number of pyridine rings is 2. The van der Waals surface area contributed by atoms with Crippen LogP contribution in [0, 0.1) is 12.7 Å². The van der Waals surface area contributed by atoms with E-state index in [2.05, 4.69) is 64.9 Å². The van der Waals surface area contributed by atoms with Gasteiger partial charge in [0, 0.05) is 25.1 Å². The van der Waals surface area contributed by atoms with Crippen molar-refractivity contribution in [1.29, 1.82) is 0 Å². The molecule has 0 radical (unpaired) electrons. The van der Waals surface area contributed by atoms with Crippen LogP contribution in [0.15, 0.2) is 66.7 Å². The predicted molar refractivity (Wildman–Crippen MR) is 219 cm³/mol. The van der Waals surface area contributed by atoms with Gasteiger partial charge in [-0.1, -0.05) is 81.4 Å². The second-order valence-electron chi connectivity index (χ2n) is 16.9. The molecule has 3 aliphatic heterocycles. The van der Waals surface area contributed by atoms with Crippen molar-refractivity contribution >= 4 is 41.2 Å². The molecule has 0 aliphatic carbocycles. The number of aryl methyl sites for hydroxylation is 1. The fourth-order valence-electron chi connectivity index (χ4n) is 9.43. The van der Waals surface area contributed by atoms with Crippen molar-refractivity contribution in [2.45, 2.75) is 82.8 Å². The summed E-state index contributed by atoms with van der Waals surface area (Å²) in [5.41, 5.74) is 2.16. The van der Waals surface area contributed by atoms with Gasteiger partial charge in [0.15, 0.2) is 5.82 Å². The summed E-state index contributed by atoms with van der Waals surface area (Å²) in [7, 11) is -2.97. The first kappa shape index (κ1) is 40.8. The lowest BCUT2D eigenvalue weighted by Crippen LogP contribution is -2.67. The number of rotatable bonds is 10. The molecular weight excluding hydrogens is 786 g/mol. The Labute approximate surface area is 341 Å². The highest BCUT2D eigenvalue weighted by atomic mass is 28.4. The van der Waals surface area contributed by atoms with Crippen LogP contribution in [0.1, 0.15) is 58.2 Å². The minimum Gasteiger partial charge on any atom is -0.475 e. The van der Waals surface area contributed by atoms with E-state index in [4.69, 9.17) is 24.6 Å². The Balaban J connectivity index is 1.25. The SMILES string of the molecule is Cc1nc(N)cc(-c2nc3c4c(nc(OC[C@@]56CCCN5C[C@H](F)C6)nc4c2F)N(CCO[Si](c2ccccc2)(c2ccccc2)C(C)(C)C)[C@@H](C)CO3)c1C(F)(F)F. The van der Waals surface area contributed by atoms with Gasteiger partial charge in [-0.2, -0.15) is 23.1 Å². The van der Waals surface area contributed by atoms with Gasteiger partial charge >= 0.3 is 12.2 Å². The summed E-state index contributed by atoms with van der Waals surface area (Å²) in [6, 6.07) is 20.8. The van der Waals surface area contributed by atoms with Crippen molar-refractivity contribution in [3.8, 4) is 23.1 Å². The summed E-state index contributed by atoms with van der Waals surface area (Å²) in [6.45, 7) is 11.2. The molecule has 6 heterocycles. The van der Waals surface area contributed by atoms with E-state index in [1.54, 1.807) is 0 Å². The van der Waals surface area contributed by atoms with E-state index in [0.29, 0.717) is 13.0 Å². The molecule has 3 aromatic heterocycles. The first-order chi connectivity index (χ1) is 28.0. The van der Waals surface area contributed by atoms with Gasteiger partial charge in [-0.05, 0) is 54.7 Å². The number of anilines is 2. The fourth-order valence-corrected chi connectivity index (χ4v) is 14.0. The fraction of sp³-hybridized carbons (Fsp3) is 0.442. The Morgan fingerprint density at radius 3 is 2.31 bits per heavy atom. The van der Waals surface area contributed by atoms with Gasteiger partial charge in [-0.25, -0.2) is 18.7 Å². The number of nitrogen functional groups attached to an aromatic ring is 1. The zero-order valence-electron chi connectivity index (χ0n) is 33.7. The maximum atomic E-state index is 17.2.